The number of hydrogen-bond acceptors (Lipinski definition) is 4. The van der Waals surface area contributed by atoms with Gasteiger partial charge < -0.3 is 15.5 Å². The first-order valence-corrected chi connectivity index (χ1v) is 5.11. The molecule has 0 aliphatic rings. The Morgan fingerprint density at radius 1 is 1.59 bits per heavy atom. The summed E-state index contributed by atoms with van der Waals surface area (Å²) in [6.45, 7) is 1.55. The highest BCUT2D eigenvalue weighted by Crippen LogP contribution is 2.14. The van der Waals surface area contributed by atoms with Gasteiger partial charge in [0.05, 0.1) is 23.7 Å². The van der Waals surface area contributed by atoms with Crippen molar-refractivity contribution in [3.8, 4) is 6.07 Å². The van der Waals surface area contributed by atoms with E-state index >= 15 is 0 Å². The number of nitriles is 1. The van der Waals surface area contributed by atoms with Crippen molar-refractivity contribution >= 4 is 11.7 Å². The molecule has 0 aliphatic carbocycles. The minimum Gasteiger partial charge on any atom is -0.481 e. The molecule has 5 heteroatoms. The molecule has 0 amide bonds. The molecule has 90 valence electrons. The number of anilines is 1. The van der Waals surface area contributed by atoms with Gasteiger partial charge in [0, 0.05) is 12.2 Å². The van der Waals surface area contributed by atoms with E-state index < -0.39 is 11.6 Å². The Morgan fingerprint density at radius 3 is 2.88 bits per heavy atom. The van der Waals surface area contributed by atoms with Gasteiger partial charge in [-0.05, 0) is 25.1 Å². The van der Waals surface area contributed by atoms with Crippen molar-refractivity contribution in [1.82, 2.24) is 0 Å². The van der Waals surface area contributed by atoms with Crippen LogP contribution in [0.3, 0.4) is 0 Å². The number of nitrogens with one attached hydrogen (secondary N) is 1. The highest BCUT2D eigenvalue weighted by Gasteiger charge is 2.23. The fourth-order valence-corrected chi connectivity index (χ4v) is 1.38. The smallest absolute Gasteiger partial charge is 0.306 e. The molecule has 0 bridgehead atoms. The molecule has 0 aromatic heterocycles. The molecule has 0 heterocycles. The first-order chi connectivity index (χ1) is 7.93. The SMILES string of the molecule is CC(O)(CNc1cccc(C#N)c1)CC(=O)O. The molecule has 0 fully saturated rings. The third-order valence-electron chi connectivity index (χ3n) is 2.20. The number of aliphatic carboxylic acids is 1. The van der Waals surface area contributed by atoms with Gasteiger partial charge in [-0.1, -0.05) is 6.07 Å². The summed E-state index contributed by atoms with van der Waals surface area (Å²) in [6.07, 6.45) is -0.335. The normalized spacial score (nSPS) is 13.5. The standard InChI is InChI=1S/C12H14N2O3/c1-12(17,6-11(15)16)8-14-10-4-2-3-9(5-10)7-13/h2-5,14,17H,6,8H2,1H3,(H,15,16). The lowest BCUT2D eigenvalue weighted by atomic mass is 10.0. The van der Waals surface area contributed by atoms with Crippen molar-refractivity contribution < 1.29 is 15.0 Å². The van der Waals surface area contributed by atoms with Crippen LogP contribution in [0.25, 0.3) is 0 Å². The summed E-state index contributed by atoms with van der Waals surface area (Å²) >= 11 is 0. The maximum atomic E-state index is 10.5. The van der Waals surface area contributed by atoms with Gasteiger partial charge in [-0.25, -0.2) is 0 Å². The maximum Gasteiger partial charge on any atom is 0.306 e. The molecule has 17 heavy (non-hydrogen) atoms. The Bertz CT molecular complexity index is 449. The Balaban J connectivity index is 2.61. The van der Waals surface area contributed by atoms with Gasteiger partial charge in [-0.3, -0.25) is 4.79 Å². The zero-order chi connectivity index (χ0) is 12.9. The number of rotatable bonds is 5. The first-order valence-electron chi connectivity index (χ1n) is 5.11. The Labute approximate surface area is 99.3 Å². The molecule has 0 spiro atoms. The van der Waals surface area contributed by atoms with E-state index in [9.17, 15) is 9.90 Å². The van der Waals surface area contributed by atoms with Crippen LogP contribution < -0.4 is 5.32 Å². The number of aliphatic hydroxyl groups is 1. The lowest BCUT2D eigenvalue weighted by molar-refractivity contribution is -0.141. The topological polar surface area (TPSA) is 93.4 Å². The number of carbonyl (C=O) groups is 1. The number of carboxylic acid groups (broad SMARTS) is 1. The monoisotopic (exact) mass is 234 g/mol. The van der Waals surface area contributed by atoms with E-state index in [4.69, 9.17) is 10.4 Å². The molecule has 1 unspecified atom stereocenters. The van der Waals surface area contributed by atoms with Gasteiger partial charge in [0.25, 0.3) is 0 Å². The zero-order valence-electron chi connectivity index (χ0n) is 9.47. The summed E-state index contributed by atoms with van der Waals surface area (Å²) in [7, 11) is 0. The molecule has 1 rings (SSSR count). The predicted octanol–water partition coefficient (Wildman–Crippen LogP) is 1.20. The lowest BCUT2D eigenvalue weighted by Crippen LogP contribution is -2.35. The van der Waals surface area contributed by atoms with Crippen molar-refractivity contribution in [2.24, 2.45) is 0 Å². The van der Waals surface area contributed by atoms with Crippen LogP contribution in [0.1, 0.15) is 18.9 Å². The van der Waals surface area contributed by atoms with Crippen LogP contribution >= 0.6 is 0 Å². The van der Waals surface area contributed by atoms with Gasteiger partial charge in [0.15, 0.2) is 0 Å². The summed E-state index contributed by atoms with van der Waals surface area (Å²) in [4.78, 5) is 10.5. The molecule has 0 aliphatic heterocycles. The predicted molar refractivity (Wildman–Crippen MR) is 62.5 cm³/mol. The highest BCUT2D eigenvalue weighted by atomic mass is 16.4. The van der Waals surface area contributed by atoms with Crippen LogP contribution in [0, 0.1) is 11.3 Å². The molecule has 3 N–H and O–H groups in total. The maximum absolute atomic E-state index is 10.5. The minimum atomic E-state index is -1.32. The lowest BCUT2D eigenvalue weighted by Gasteiger charge is -2.22. The third kappa shape index (κ3) is 4.53. The average Bonchev–Trinajstić information content (AvgIpc) is 2.25. The van der Waals surface area contributed by atoms with Crippen LogP contribution in [-0.2, 0) is 4.79 Å². The van der Waals surface area contributed by atoms with Crippen LogP contribution in [-0.4, -0.2) is 28.3 Å². The van der Waals surface area contributed by atoms with E-state index in [0.29, 0.717) is 11.3 Å². The average molecular weight is 234 g/mol. The summed E-state index contributed by atoms with van der Waals surface area (Å²) in [5.74, 6) is -1.05. The van der Waals surface area contributed by atoms with E-state index in [1.54, 1.807) is 24.3 Å². The van der Waals surface area contributed by atoms with Crippen LogP contribution in [0.2, 0.25) is 0 Å². The van der Waals surface area contributed by atoms with Crippen molar-refractivity contribution in [3.63, 3.8) is 0 Å². The highest BCUT2D eigenvalue weighted by molar-refractivity contribution is 5.68. The van der Waals surface area contributed by atoms with Crippen molar-refractivity contribution in [3.05, 3.63) is 29.8 Å². The van der Waals surface area contributed by atoms with Crippen molar-refractivity contribution in [2.45, 2.75) is 18.9 Å². The molecule has 5 nitrogen and oxygen atoms in total. The largest absolute Gasteiger partial charge is 0.481 e. The van der Waals surface area contributed by atoms with Gasteiger partial charge in [0.1, 0.15) is 0 Å². The molecule has 1 atom stereocenters. The quantitative estimate of drug-likeness (QED) is 0.711. The Hall–Kier alpha value is -2.06. The fourth-order valence-electron chi connectivity index (χ4n) is 1.38. The van der Waals surface area contributed by atoms with E-state index in [1.165, 1.54) is 6.92 Å². The number of hydrogen-bond donors (Lipinski definition) is 3. The number of nitrogens with zero attached hydrogens (tertiary/aromatic N) is 1. The molecule has 1 aromatic rings. The molecular weight excluding hydrogens is 220 g/mol. The van der Waals surface area contributed by atoms with Gasteiger partial charge in [-0.2, -0.15) is 5.26 Å². The van der Waals surface area contributed by atoms with E-state index in [-0.39, 0.29) is 13.0 Å². The molecule has 0 saturated heterocycles. The van der Waals surface area contributed by atoms with Gasteiger partial charge in [0.2, 0.25) is 0 Å². The minimum absolute atomic E-state index is 0.105. The summed E-state index contributed by atoms with van der Waals surface area (Å²) < 4.78 is 0. The summed E-state index contributed by atoms with van der Waals surface area (Å²) in [5, 5.41) is 30.0. The second kappa shape index (κ2) is 5.32. The van der Waals surface area contributed by atoms with Crippen LogP contribution in [0.5, 0.6) is 0 Å². The van der Waals surface area contributed by atoms with Crippen LogP contribution in [0.15, 0.2) is 24.3 Å². The third-order valence-corrected chi connectivity index (χ3v) is 2.20. The molecule has 0 radical (unpaired) electrons. The second-order valence-electron chi connectivity index (χ2n) is 4.11. The fraction of sp³-hybridized carbons (Fsp3) is 0.333. The summed E-state index contributed by atoms with van der Waals surface area (Å²) in [6, 6.07) is 8.77. The number of carboxylic acids is 1. The molecular formula is C12H14N2O3. The zero-order valence-corrected chi connectivity index (χ0v) is 9.47. The van der Waals surface area contributed by atoms with Gasteiger partial charge in [-0.15, -0.1) is 0 Å². The van der Waals surface area contributed by atoms with Gasteiger partial charge >= 0.3 is 5.97 Å². The summed E-state index contributed by atoms with van der Waals surface area (Å²) in [5.41, 5.74) is -0.142. The Kier molecular flexibility index (Phi) is 4.07. The second-order valence-corrected chi connectivity index (χ2v) is 4.11. The first kappa shape index (κ1) is 13.0. The molecule has 1 aromatic carbocycles. The molecule has 0 saturated carbocycles. The van der Waals surface area contributed by atoms with E-state index in [1.807, 2.05) is 6.07 Å². The van der Waals surface area contributed by atoms with E-state index in [0.717, 1.165) is 0 Å². The van der Waals surface area contributed by atoms with Crippen molar-refractivity contribution in [1.29, 1.82) is 5.26 Å². The van der Waals surface area contributed by atoms with Crippen LogP contribution in [0.4, 0.5) is 5.69 Å². The number of benzene rings is 1. The van der Waals surface area contributed by atoms with Crippen molar-refractivity contribution in [2.75, 3.05) is 11.9 Å². The van der Waals surface area contributed by atoms with E-state index in [2.05, 4.69) is 5.32 Å². The Morgan fingerprint density at radius 2 is 2.29 bits per heavy atom.